The van der Waals surface area contributed by atoms with Crippen LogP contribution in [0.5, 0.6) is 0 Å². The summed E-state index contributed by atoms with van der Waals surface area (Å²) < 4.78 is 7.09. The van der Waals surface area contributed by atoms with Crippen molar-refractivity contribution in [1.29, 1.82) is 0 Å². The molecule has 0 aliphatic carbocycles. The van der Waals surface area contributed by atoms with Crippen LogP contribution in [0.15, 0.2) is 78.5 Å². The first kappa shape index (κ1) is 24.3. The predicted molar refractivity (Wildman–Crippen MR) is 136 cm³/mol. The van der Waals surface area contributed by atoms with Gasteiger partial charge in [-0.3, -0.25) is 10.1 Å². The van der Waals surface area contributed by atoms with Gasteiger partial charge in [-0.2, -0.15) is 0 Å². The Morgan fingerprint density at radius 2 is 1.78 bits per heavy atom. The van der Waals surface area contributed by atoms with E-state index in [4.69, 9.17) is 9.57 Å². The molecule has 0 saturated heterocycles. The van der Waals surface area contributed by atoms with Crippen LogP contribution in [0, 0.1) is 17.0 Å². The van der Waals surface area contributed by atoms with Crippen LogP contribution in [0.4, 0.5) is 5.69 Å². The quantitative estimate of drug-likeness (QED) is 0.0861. The minimum atomic E-state index is -0.552. The van der Waals surface area contributed by atoms with Crippen molar-refractivity contribution in [2.75, 3.05) is 6.61 Å². The van der Waals surface area contributed by atoms with Gasteiger partial charge < -0.3 is 14.1 Å². The first-order valence-corrected chi connectivity index (χ1v) is 11.1. The Bertz CT molecular complexity index is 1550. The van der Waals surface area contributed by atoms with E-state index in [2.05, 4.69) is 11.7 Å². The second-order valence-corrected chi connectivity index (χ2v) is 8.05. The normalized spacial score (nSPS) is 11.4. The number of carbonyl (C=O) groups is 2. The van der Waals surface area contributed by atoms with Crippen LogP contribution in [0.25, 0.3) is 21.8 Å². The minimum absolute atomic E-state index is 0.0438. The maximum Gasteiger partial charge on any atom is 0.332 e. The molecule has 0 fully saturated rings. The van der Waals surface area contributed by atoms with E-state index in [9.17, 15) is 19.7 Å². The highest BCUT2D eigenvalue weighted by Gasteiger charge is 2.18. The summed E-state index contributed by atoms with van der Waals surface area (Å²) in [5.74, 6) is -1.08. The van der Waals surface area contributed by atoms with E-state index in [1.54, 1.807) is 6.07 Å². The van der Waals surface area contributed by atoms with Gasteiger partial charge in [0.05, 0.1) is 11.5 Å². The standard InChI is InChI=1S/C27H23N3O6/c1-4-26(32)35-14-13-29-24-11-9-19(15-22(24)23-16-20(30(33)34)10-12-25(23)29)27(28-36-18(3)31)21-8-6-5-7-17(21)2/h4-12,15-16H,1,13-14H2,2-3H3/b28-27-. The zero-order valence-corrected chi connectivity index (χ0v) is 19.8. The number of rotatable bonds is 8. The van der Waals surface area contributed by atoms with Crippen molar-refractivity contribution >= 4 is 45.1 Å². The van der Waals surface area contributed by atoms with E-state index in [1.165, 1.54) is 19.1 Å². The molecular formula is C27H23N3O6. The van der Waals surface area contributed by atoms with Gasteiger partial charge in [0.2, 0.25) is 0 Å². The van der Waals surface area contributed by atoms with Crippen molar-refractivity contribution in [2.45, 2.75) is 20.4 Å². The number of fused-ring (bicyclic) bond motifs is 3. The Labute approximate surface area is 206 Å². The number of benzene rings is 3. The van der Waals surface area contributed by atoms with Crippen LogP contribution in [0.2, 0.25) is 0 Å². The first-order valence-electron chi connectivity index (χ1n) is 11.1. The third-order valence-electron chi connectivity index (χ3n) is 5.72. The molecule has 182 valence electrons. The fourth-order valence-electron chi connectivity index (χ4n) is 4.10. The lowest BCUT2D eigenvalue weighted by atomic mass is 9.97. The molecule has 0 aliphatic heterocycles. The summed E-state index contributed by atoms with van der Waals surface area (Å²) in [6.07, 6.45) is 1.09. The van der Waals surface area contributed by atoms with Crippen molar-refractivity contribution < 1.29 is 24.1 Å². The van der Waals surface area contributed by atoms with Crippen LogP contribution in [-0.4, -0.2) is 33.7 Å². The van der Waals surface area contributed by atoms with Gasteiger partial charge in [0, 0.05) is 58.1 Å². The van der Waals surface area contributed by atoms with Crippen LogP contribution in [0.3, 0.4) is 0 Å². The third-order valence-corrected chi connectivity index (χ3v) is 5.72. The van der Waals surface area contributed by atoms with Gasteiger partial charge >= 0.3 is 11.9 Å². The molecule has 0 aliphatic rings. The van der Waals surface area contributed by atoms with Gasteiger partial charge in [-0.1, -0.05) is 42.1 Å². The molecule has 0 saturated carbocycles. The Kier molecular flexibility index (Phi) is 6.91. The van der Waals surface area contributed by atoms with Crippen molar-refractivity contribution in [3.63, 3.8) is 0 Å². The monoisotopic (exact) mass is 485 g/mol. The number of nitro groups is 1. The Morgan fingerprint density at radius 3 is 2.44 bits per heavy atom. The lowest BCUT2D eigenvalue weighted by Gasteiger charge is -2.11. The van der Waals surface area contributed by atoms with Gasteiger partial charge in [-0.25, -0.2) is 9.59 Å². The van der Waals surface area contributed by atoms with E-state index < -0.39 is 16.9 Å². The Balaban J connectivity index is 1.91. The van der Waals surface area contributed by atoms with Crippen LogP contribution < -0.4 is 0 Å². The van der Waals surface area contributed by atoms with Gasteiger partial charge in [0.25, 0.3) is 5.69 Å². The molecule has 1 heterocycles. The van der Waals surface area contributed by atoms with Gasteiger partial charge in [-0.05, 0) is 30.7 Å². The van der Waals surface area contributed by atoms with Gasteiger partial charge in [0.1, 0.15) is 12.3 Å². The highest BCUT2D eigenvalue weighted by atomic mass is 16.7. The second kappa shape index (κ2) is 10.2. The van der Waals surface area contributed by atoms with E-state index in [1.807, 2.05) is 54.0 Å². The molecule has 9 heteroatoms. The molecule has 1 aromatic heterocycles. The molecule has 0 atom stereocenters. The third kappa shape index (κ3) is 4.85. The molecule has 36 heavy (non-hydrogen) atoms. The summed E-state index contributed by atoms with van der Waals surface area (Å²) in [6.45, 7) is 7.04. The maximum absolute atomic E-state index is 11.5. The summed E-state index contributed by atoms with van der Waals surface area (Å²) in [5.41, 5.74) is 4.34. The molecule has 0 radical (unpaired) electrons. The van der Waals surface area contributed by atoms with E-state index in [-0.39, 0.29) is 12.3 Å². The van der Waals surface area contributed by atoms with E-state index in [0.29, 0.717) is 23.2 Å². The van der Waals surface area contributed by atoms with Crippen LogP contribution >= 0.6 is 0 Å². The lowest BCUT2D eigenvalue weighted by Crippen LogP contribution is -2.10. The molecule has 0 amide bonds. The van der Waals surface area contributed by atoms with Gasteiger partial charge in [-0.15, -0.1) is 0 Å². The number of carbonyl (C=O) groups excluding carboxylic acids is 2. The predicted octanol–water partition coefficient (Wildman–Crippen LogP) is 5.06. The lowest BCUT2D eigenvalue weighted by molar-refractivity contribution is -0.384. The Hall–Kier alpha value is -4.79. The highest BCUT2D eigenvalue weighted by Crippen LogP contribution is 2.33. The number of hydrogen-bond acceptors (Lipinski definition) is 7. The van der Waals surface area contributed by atoms with Crippen molar-refractivity contribution in [3.05, 3.63) is 100 Å². The molecular weight excluding hydrogens is 462 g/mol. The van der Waals surface area contributed by atoms with Crippen molar-refractivity contribution in [2.24, 2.45) is 5.16 Å². The average Bonchev–Trinajstić information content (AvgIpc) is 3.17. The SMILES string of the molecule is C=CC(=O)OCCn1c2ccc(/C(=N/OC(C)=O)c3ccccc3C)cc2c2cc([N+](=O)[O-])ccc21. The maximum atomic E-state index is 11.5. The smallest absolute Gasteiger partial charge is 0.332 e. The molecule has 4 rings (SSSR count). The molecule has 3 aromatic carbocycles. The summed E-state index contributed by atoms with van der Waals surface area (Å²) in [4.78, 5) is 39.1. The first-order chi connectivity index (χ1) is 17.3. The summed E-state index contributed by atoms with van der Waals surface area (Å²) in [6, 6.07) is 17.8. The summed E-state index contributed by atoms with van der Waals surface area (Å²) in [7, 11) is 0. The zero-order valence-electron chi connectivity index (χ0n) is 19.8. The number of nitrogens with zero attached hydrogens (tertiary/aromatic N) is 3. The fraction of sp³-hybridized carbons (Fsp3) is 0.148. The number of aryl methyl sites for hydroxylation is 1. The van der Waals surface area contributed by atoms with Gasteiger partial charge in [0.15, 0.2) is 0 Å². The van der Waals surface area contributed by atoms with Crippen LogP contribution in [-0.2, 0) is 25.7 Å². The number of non-ortho nitro benzene ring substituents is 1. The zero-order chi connectivity index (χ0) is 25.8. The number of oxime groups is 1. The number of hydrogen-bond donors (Lipinski definition) is 0. The second-order valence-electron chi connectivity index (χ2n) is 8.05. The van der Waals surface area contributed by atoms with Crippen LogP contribution in [0.1, 0.15) is 23.6 Å². The highest BCUT2D eigenvalue weighted by molar-refractivity contribution is 6.17. The van der Waals surface area contributed by atoms with E-state index in [0.717, 1.165) is 33.6 Å². The van der Waals surface area contributed by atoms with Crippen molar-refractivity contribution in [1.82, 2.24) is 4.57 Å². The number of aromatic nitrogens is 1. The number of esters is 1. The van der Waals surface area contributed by atoms with E-state index >= 15 is 0 Å². The molecule has 4 aromatic rings. The summed E-state index contributed by atoms with van der Waals surface area (Å²) >= 11 is 0. The number of ether oxygens (including phenoxy) is 1. The number of nitro benzene ring substituents is 1. The Morgan fingerprint density at radius 1 is 1.08 bits per heavy atom. The molecule has 9 nitrogen and oxygen atoms in total. The average molecular weight is 485 g/mol. The largest absolute Gasteiger partial charge is 0.461 e. The topological polar surface area (TPSA) is 113 Å². The molecule has 0 spiro atoms. The minimum Gasteiger partial charge on any atom is -0.461 e. The molecule has 0 N–H and O–H groups in total. The molecule has 0 bridgehead atoms. The fourth-order valence-corrected chi connectivity index (χ4v) is 4.10. The molecule has 0 unspecified atom stereocenters. The van der Waals surface area contributed by atoms with Crippen molar-refractivity contribution in [3.8, 4) is 0 Å². The summed E-state index contributed by atoms with van der Waals surface area (Å²) in [5, 5.41) is 17.0.